The summed E-state index contributed by atoms with van der Waals surface area (Å²) < 4.78 is 5.23. The molecule has 0 saturated heterocycles. The van der Waals surface area contributed by atoms with E-state index in [1.165, 1.54) is 132 Å². The van der Waals surface area contributed by atoms with E-state index in [0.717, 1.165) is 79.8 Å². The molecule has 5 unspecified atom stereocenters. The van der Waals surface area contributed by atoms with Gasteiger partial charge in [0.15, 0.2) is 0 Å². The van der Waals surface area contributed by atoms with Crippen LogP contribution >= 0.6 is 17.4 Å². The molecule has 3 heteroatoms. The van der Waals surface area contributed by atoms with Crippen molar-refractivity contribution >= 4 is 17.4 Å². The van der Waals surface area contributed by atoms with Gasteiger partial charge in [-0.3, -0.25) is 0 Å². The monoisotopic (exact) mass is 1170 g/mol. The average molecular weight is 1170 g/mol. The molecule has 0 N–H and O–H groups in total. The zero-order chi connectivity index (χ0) is 64.1. The topological polar surface area (TPSA) is 9.23 Å². The molecule has 0 aliphatic heterocycles. The van der Waals surface area contributed by atoms with Gasteiger partial charge in [0.05, 0.1) is 6.61 Å². The van der Waals surface area contributed by atoms with Crippen molar-refractivity contribution in [1.82, 2.24) is 0 Å². The van der Waals surface area contributed by atoms with E-state index < -0.39 is 0 Å². The molecule has 468 valence electrons. The van der Waals surface area contributed by atoms with Crippen LogP contribution in [-0.2, 0) is 4.52 Å². The summed E-state index contributed by atoms with van der Waals surface area (Å²) in [5.74, 6) is 3.32. The molecule has 83 heavy (non-hydrogen) atoms. The summed E-state index contributed by atoms with van der Waals surface area (Å²) in [6, 6.07) is 0. The third-order valence-electron chi connectivity index (χ3n) is 15.9. The van der Waals surface area contributed by atoms with Gasteiger partial charge in [0, 0.05) is 8.50 Å². The Kier molecular flexibility index (Phi) is 50.5. The van der Waals surface area contributed by atoms with Crippen LogP contribution in [0.1, 0.15) is 255 Å². The summed E-state index contributed by atoms with van der Waals surface area (Å²) in [6.07, 6.45) is 51.0. The second kappa shape index (κ2) is 50.3. The molecule has 0 radical (unpaired) electrons. The van der Waals surface area contributed by atoms with Gasteiger partial charge < -0.3 is 4.52 Å². The molecule has 0 spiro atoms. The van der Waals surface area contributed by atoms with Crippen LogP contribution in [0, 0.1) is 29.1 Å². The van der Waals surface area contributed by atoms with Crippen LogP contribution < -0.4 is 0 Å². The van der Waals surface area contributed by atoms with Crippen molar-refractivity contribution in [2.75, 3.05) is 6.61 Å². The second-order valence-corrected chi connectivity index (χ2v) is 27.0. The fourth-order valence-electron chi connectivity index (χ4n) is 9.28. The number of allylic oxidation sites excluding steroid dienone is 29. The van der Waals surface area contributed by atoms with Gasteiger partial charge in [-0.05, 0) is 256 Å². The van der Waals surface area contributed by atoms with Crippen molar-refractivity contribution in [2.45, 2.75) is 255 Å². The van der Waals surface area contributed by atoms with Crippen LogP contribution in [0.25, 0.3) is 0 Å². The maximum atomic E-state index is 5.23. The molecule has 5 aliphatic carbocycles. The molecule has 5 aliphatic rings. The lowest BCUT2D eigenvalue weighted by Crippen LogP contribution is -2.07. The highest BCUT2D eigenvalue weighted by Crippen LogP contribution is 2.69. The van der Waals surface area contributed by atoms with E-state index in [9.17, 15) is 0 Å². The Morgan fingerprint density at radius 3 is 1.47 bits per heavy atom. The fourth-order valence-corrected chi connectivity index (χ4v) is 9.75. The Morgan fingerprint density at radius 2 is 1.13 bits per heavy atom. The number of fused-ring (bicyclic) bond motifs is 1. The first kappa shape index (κ1) is 83.4. The minimum absolute atomic E-state index is 0.516. The average Bonchev–Trinajstić information content (AvgIpc) is 3.16. The molecule has 5 rings (SSSR count). The summed E-state index contributed by atoms with van der Waals surface area (Å²) in [5.41, 5.74) is 23.6. The molecule has 2 fully saturated rings. The van der Waals surface area contributed by atoms with E-state index in [4.69, 9.17) is 4.52 Å². The van der Waals surface area contributed by atoms with Gasteiger partial charge in [0.1, 0.15) is 0 Å². The van der Waals surface area contributed by atoms with Gasteiger partial charge in [-0.15, -0.1) is 0 Å². The molecule has 0 amide bonds. The molecule has 2 saturated carbocycles. The Morgan fingerprint density at radius 1 is 0.614 bits per heavy atom. The Balaban J connectivity index is -0.000000882. The first-order chi connectivity index (χ1) is 38.9. The highest BCUT2D eigenvalue weighted by molar-refractivity contribution is 8.00. The Labute approximate surface area is 523 Å². The van der Waals surface area contributed by atoms with Crippen LogP contribution in [-0.4, -0.2) is 6.61 Å². The normalized spacial score (nSPS) is 18.6. The fraction of sp³-hybridized carbons (Fsp3) is 0.550. The lowest BCUT2D eigenvalue weighted by atomic mass is 9.86. The van der Waals surface area contributed by atoms with Crippen molar-refractivity contribution in [2.24, 2.45) is 29.1 Å². The van der Waals surface area contributed by atoms with E-state index in [2.05, 4.69) is 261 Å². The number of hydrogen-bond acceptors (Lipinski definition) is 1. The van der Waals surface area contributed by atoms with Crippen molar-refractivity contribution in [1.29, 1.82) is 0 Å². The lowest BCUT2D eigenvalue weighted by Gasteiger charge is -2.19. The van der Waals surface area contributed by atoms with E-state index in [1.807, 2.05) is 18.2 Å². The van der Waals surface area contributed by atoms with Crippen LogP contribution in [0.5, 0.6) is 0 Å². The minimum atomic E-state index is 0.516. The van der Waals surface area contributed by atoms with Gasteiger partial charge in [0.2, 0.25) is 0 Å². The largest absolute Gasteiger partial charge is 0.354 e. The third kappa shape index (κ3) is 47.0. The van der Waals surface area contributed by atoms with Gasteiger partial charge in [0.25, 0.3) is 0 Å². The molecule has 1 nitrogen and oxygen atoms in total. The van der Waals surface area contributed by atoms with Crippen LogP contribution in [0.3, 0.4) is 0 Å². The summed E-state index contributed by atoms with van der Waals surface area (Å²) in [6.45, 7) is 69.3. The van der Waals surface area contributed by atoms with E-state index in [0.29, 0.717) is 8.50 Å². The summed E-state index contributed by atoms with van der Waals surface area (Å²) in [5, 5.41) is 0. The SMILES string of the molecule is C=C(C)C1CC=C(C)CC1.C=C/C(C)=C/CC=C(C)C.C=C/C(C)=C\CC=C(C)C.C=C1CCC2(C(C)C)CC12.C=CC(=C)CCC=C(C)C.CC(C)=CCC/C(C)=C/COPP.CC1=CCC(=C(C)C)CC1.CC1=CCC(C(C)C)=CC1. The molecule has 0 aromatic carbocycles. The summed E-state index contributed by atoms with van der Waals surface area (Å²) >= 11 is 0. The van der Waals surface area contributed by atoms with E-state index >= 15 is 0 Å². The molecule has 0 aromatic rings. The van der Waals surface area contributed by atoms with Gasteiger partial charge in [-0.1, -0.05) is 250 Å². The zero-order valence-corrected chi connectivity index (χ0v) is 60.5. The lowest BCUT2D eigenvalue weighted by molar-refractivity contribution is 0.344. The Hall–Kier alpha value is -3.86. The number of rotatable bonds is 19. The maximum absolute atomic E-state index is 5.23. The summed E-state index contributed by atoms with van der Waals surface area (Å²) in [7, 11) is 3.09. The van der Waals surface area contributed by atoms with Gasteiger partial charge in [-0.2, -0.15) is 0 Å². The Bertz CT molecular complexity index is 2280. The highest BCUT2D eigenvalue weighted by atomic mass is 32.0. The van der Waals surface area contributed by atoms with Gasteiger partial charge in [-0.25, -0.2) is 0 Å². The molecular weight excluding hydrogens is 1040 g/mol. The van der Waals surface area contributed by atoms with Crippen molar-refractivity contribution < 1.29 is 4.52 Å². The summed E-state index contributed by atoms with van der Waals surface area (Å²) in [4.78, 5) is 0. The van der Waals surface area contributed by atoms with Crippen LogP contribution in [0.4, 0.5) is 0 Å². The second-order valence-electron chi connectivity index (χ2n) is 25.7. The quantitative estimate of drug-likeness (QED) is 0.0542. The zero-order valence-electron chi connectivity index (χ0n) is 58.3. The predicted molar refractivity (Wildman–Crippen MR) is 392 cm³/mol. The van der Waals surface area contributed by atoms with E-state index in [1.54, 1.807) is 22.3 Å². The molecule has 0 aromatic heterocycles. The maximum Gasteiger partial charge on any atom is 0.0693 e. The standard InChI is InChI=1S/C10H20OP2.7C10H16/c1-9(2)5-4-6-10(3)7-8-11-13-12;1-7(2)10-5-4-8(3)9(10)6-10;3*1-8(2)10-6-4-9(3)5-7-10;3*1-5-10(4)8-6-7-9(2)3/h5,7,13H,4,6,8,12H2,1-3H3;7,9H,3-6H2,1-2H3;4H,5-7H2,1-3H3;4,7-8H,5-6H2,1-3H3;4,10H,1,5-7H2,2-3H3;2*5,7-8H,1,6H2,2-4H3;5,7H,1,4,6,8H2,2-3H3/b10-7+;;;;;10-8+;10-8-;. The number of hydrogen-bond donors (Lipinski definition) is 0. The van der Waals surface area contributed by atoms with Crippen molar-refractivity contribution in [3.8, 4) is 0 Å². The van der Waals surface area contributed by atoms with Gasteiger partial charge >= 0.3 is 0 Å². The van der Waals surface area contributed by atoms with Crippen molar-refractivity contribution in [3.05, 3.63) is 214 Å². The van der Waals surface area contributed by atoms with E-state index in [-0.39, 0.29) is 0 Å². The molecule has 0 heterocycles. The van der Waals surface area contributed by atoms with Crippen molar-refractivity contribution in [3.63, 3.8) is 0 Å². The first-order valence-corrected chi connectivity index (χ1v) is 34.4. The highest BCUT2D eigenvalue weighted by Gasteiger charge is 2.59. The van der Waals surface area contributed by atoms with Crippen LogP contribution in [0.2, 0.25) is 0 Å². The first-order valence-electron chi connectivity index (χ1n) is 31.7. The minimum Gasteiger partial charge on any atom is -0.354 e. The molecule has 0 bridgehead atoms. The smallest absolute Gasteiger partial charge is 0.0693 e. The predicted octanol–water partition coefficient (Wildman–Crippen LogP) is 27.6. The van der Waals surface area contributed by atoms with Crippen LogP contribution in [0.15, 0.2) is 214 Å². The molecule has 5 atom stereocenters. The molecular formula is C80H132OP2. The third-order valence-corrected chi connectivity index (χ3v) is 16.8.